The fraction of sp³-hybridized carbons (Fsp3) is 0.750. The Bertz CT molecular complexity index is 337. The standard InChI is InChI=1S/C16H26/c1-6-12(2)11-16(9-10-16)14-8-7-13(3)15(14,4)5/h7,11,14H,6,8-10H2,1-5H3/b12-11+. The Morgan fingerprint density at radius 2 is 2.06 bits per heavy atom. The summed E-state index contributed by atoms with van der Waals surface area (Å²) >= 11 is 0. The van der Waals surface area contributed by atoms with E-state index in [1.165, 1.54) is 25.7 Å². The van der Waals surface area contributed by atoms with E-state index in [-0.39, 0.29) is 0 Å². The van der Waals surface area contributed by atoms with Gasteiger partial charge in [-0.05, 0) is 56.3 Å². The molecule has 0 aromatic carbocycles. The van der Waals surface area contributed by atoms with Crippen molar-refractivity contribution in [1.29, 1.82) is 0 Å². The summed E-state index contributed by atoms with van der Waals surface area (Å²) in [6.45, 7) is 11.7. The Morgan fingerprint density at radius 1 is 1.44 bits per heavy atom. The van der Waals surface area contributed by atoms with Gasteiger partial charge in [0, 0.05) is 0 Å². The smallest absolute Gasteiger partial charge is 0.00757 e. The van der Waals surface area contributed by atoms with Crippen LogP contribution in [0.1, 0.15) is 60.3 Å². The third-order valence-corrected chi connectivity index (χ3v) is 5.16. The third-order valence-electron chi connectivity index (χ3n) is 5.16. The summed E-state index contributed by atoms with van der Waals surface area (Å²) in [5.41, 5.74) is 4.16. The minimum absolute atomic E-state index is 0.418. The van der Waals surface area contributed by atoms with Gasteiger partial charge in [0.25, 0.3) is 0 Å². The lowest BCUT2D eigenvalue weighted by atomic mass is 9.69. The van der Waals surface area contributed by atoms with Crippen molar-refractivity contribution in [2.24, 2.45) is 16.7 Å². The maximum Gasteiger partial charge on any atom is -0.00757 e. The maximum absolute atomic E-state index is 2.60. The molecule has 0 bridgehead atoms. The molecule has 0 nitrogen and oxygen atoms in total. The van der Waals surface area contributed by atoms with Crippen LogP contribution < -0.4 is 0 Å². The lowest BCUT2D eigenvalue weighted by molar-refractivity contribution is 0.212. The fourth-order valence-electron chi connectivity index (χ4n) is 3.41. The summed E-state index contributed by atoms with van der Waals surface area (Å²) in [5, 5.41) is 0. The molecule has 1 atom stereocenters. The van der Waals surface area contributed by atoms with Gasteiger partial charge in [-0.2, -0.15) is 0 Å². The van der Waals surface area contributed by atoms with Gasteiger partial charge in [0.15, 0.2) is 0 Å². The summed E-state index contributed by atoms with van der Waals surface area (Å²) in [5.74, 6) is 0.849. The van der Waals surface area contributed by atoms with E-state index < -0.39 is 0 Å². The Kier molecular flexibility index (Phi) is 2.80. The molecule has 0 aromatic rings. The minimum Gasteiger partial charge on any atom is -0.0847 e. The van der Waals surface area contributed by atoms with Crippen LogP contribution >= 0.6 is 0 Å². The van der Waals surface area contributed by atoms with Crippen LogP contribution in [0.4, 0.5) is 0 Å². The molecule has 0 saturated heterocycles. The number of hydrogen-bond donors (Lipinski definition) is 0. The van der Waals surface area contributed by atoms with Crippen molar-refractivity contribution < 1.29 is 0 Å². The fourth-order valence-corrected chi connectivity index (χ4v) is 3.41. The summed E-state index contributed by atoms with van der Waals surface area (Å²) in [6.07, 6.45) is 10.4. The second-order valence-corrected chi connectivity index (χ2v) is 6.47. The van der Waals surface area contributed by atoms with E-state index in [0.717, 1.165) is 5.92 Å². The predicted molar refractivity (Wildman–Crippen MR) is 71.4 cm³/mol. The average Bonchev–Trinajstić information content (AvgIpc) is 2.92. The zero-order chi connectivity index (χ0) is 12.0. The van der Waals surface area contributed by atoms with E-state index in [0.29, 0.717) is 10.8 Å². The van der Waals surface area contributed by atoms with Crippen molar-refractivity contribution in [3.05, 3.63) is 23.3 Å². The van der Waals surface area contributed by atoms with Gasteiger partial charge in [0.05, 0.1) is 0 Å². The molecule has 0 radical (unpaired) electrons. The second kappa shape index (κ2) is 3.75. The van der Waals surface area contributed by atoms with Gasteiger partial charge in [-0.25, -0.2) is 0 Å². The molecule has 0 aromatic heterocycles. The summed E-state index contributed by atoms with van der Waals surface area (Å²) < 4.78 is 0. The molecule has 90 valence electrons. The summed E-state index contributed by atoms with van der Waals surface area (Å²) in [7, 11) is 0. The largest absolute Gasteiger partial charge is 0.0847 e. The van der Waals surface area contributed by atoms with E-state index in [4.69, 9.17) is 0 Å². The second-order valence-electron chi connectivity index (χ2n) is 6.47. The van der Waals surface area contributed by atoms with Crippen LogP contribution in [-0.2, 0) is 0 Å². The van der Waals surface area contributed by atoms with E-state index >= 15 is 0 Å². The van der Waals surface area contributed by atoms with Crippen molar-refractivity contribution in [3.63, 3.8) is 0 Å². The molecule has 1 unspecified atom stereocenters. The topological polar surface area (TPSA) is 0 Å². The number of allylic oxidation sites excluding steroid dienone is 4. The zero-order valence-electron chi connectivity index (χ0n) is 11.6. The van der Waals surface area contributed by atoms with Crippen LogP contribution in [0.25, 0.3) is 0 Å². The highest BCUT2D eigenvalue weighted by atomic mass is 14.6. The molecular weight excluding hydrogens is 192 g/mol. The van der Waals surface area contributed by atoms with Gasteiger partial charge >= 0.3 is 0 Å². The van der Waals surface area contributed by atoms with E-state index in [9.17, 15) is 0 Å². The van der Waals surface area contributed by atoms with Crippen LogP contribution in [-0.4, -0.2) is 0 Å². The van der Waals surface area contributed by atoms with E-state index in [1.807, 2.05) is 0 Å². The van der Waals surface area contributed by atoms with Crippen LogP contribution in [0.15, 0.2) is 23.3 Å². The molecule has 16 heavy (non-hydrogen) atoms. The molecule has 2 aliphatic carbocycles. The Balaban J connectivity index is 2.22. The Labute approximate surface area is 101 Å². The Hall–Kier alpha value is -0.520. The van der Waals surface area contributed by atoms with Crippen LogP contribution in [0.3, 0.4) is 0 Å². The van der Waals surface area contributed by atoms with E-state index in [2.05, 4.69) is 46.8 Å². The molecular formula is C16H26. The van der Waals surface area contributed by atoms with Crippen molar-refractivity contribution in [2.75, 3.05) is 0 Å². The first-order valence-corrected chi connectivity index (χ1v) is 6.78. The first-order valence-electron chi connectivity index (χ1n) is 6.78. The molecule has 2 rings (SSSR count). The predicted octanol–water partition coefficient (Wildman–Crippen LogP) is 5.12. The lowest BCUT2D eigenvalue weighted by Gasteiger charge is -2.35. The normalized spacial score (nSPS) is 31.4. The molecule has 0 aliphatic heterocycles. The molecule has 0 heterocycles. The van der Waals surface area contributed by atoms with Crippen molar-refractivity contribution in [2.45, 2.75) is 60.3 Å². The van der Waals surface area contributed by atoms with Crippen LogP contribution in [0, 0.1) is 16.7 Å². The molecule has 0 N–H and O–H groups in total. The molecule has 1 saturated carbocycles. The maximum atomic E-state index is 2.60. The van der Waals surface area contributed by atoms with Crippen LogP contribution in [0.2, 0.25) is 0 Å². The highest BCUT2D eigenvalue weighted by Gasteiger charge is 2.54. The lowest BCUT2D eigenvalue weighted by Crippen LogP contribution is -2.28. The molecule has 0 spiro atoms. The van der Waals surface area contributed by atoms with Gasteiger partial charge in [0.1, 0.15) is 0 Å². The third kappa shape index (κ3) is 1.77. The van der Waals surface area contributed by atoms with Crippen molar-refractivity contribution in [1.82, 2.24) is 0 Å². The number of hydrogen-bond acceptors (Lipinski definition) is 0. The molecule has 1 fully saturated rings. The first-order chi connectivity index (χ1) is 7.42. The monoisotopic (exact) mass is 218 g/mol. The van der Waals surface area contributed by atoms with Crippen LogP contribution in [0.5, 0.6) is 0 Å². The van der Waals surface area contributed by atoms with Gasteiger partial charge in [-0.15, -0.1) is 0 Å². The Morgan fingerprint density at radius 3 is 2.44 bits per heavy atom. The van der Waals surface area contributed by atoms with Crippen molar-refractivity contribution >= 4 is 0 Å². The molecule has 0 heteroatoms. The highest BCUT2D eigenvalue weighted by Crippen LogP contribution is 2.63. The van der Waals surface area contributed by atoms with Gasteiger partial charge < -0.3 is 0 Å². The SMILES string of the molecule is CC/C(C)=C/C1(C2CC=C(C)C2(C)C)CC1. The van der Waals surface area contributed by atoms with E-state index in [1.54, 1.807) is 11.1 Å². The molecule has 0 amide bonds. The zero-order valence-corrected chi connectivity index (χ0v) is 11.6. The quantitative estimate of drug-likeness (QED) is 0.577. The summed E-state index contributed by atoms with van der Waals surface area (Å²) in [6, 6.07) is 0. The first kappa shape index (κ1) is 12.0. The molecule has 2 aliphatic rings. The number of rotatable bonds is 3. The van der Waals surface area contributed by atoms with Crippen molar-refractivity contribution in [3.8, 4) is 0 Å². The summed E-state index contributed by atoms with van der Waals surface area (Å²) in [4.78, 5) is 0. The minimum atomic E-state index is 0.418. The van der Waals surface area contributed by atoms with Gasteiger partial charge in [0.2, 0.25) is 0 Å². The average molecular weight is 218 g/mol. The van der Waals surface area contributed by atoms with Gasteiger partial charge in [-0.1, -0.05) is 44.1 Å². The van der Waals surface area contributed by atoms with Gasteiger partial charge in [-0.3, -0.25) is 0 Å². The highest BCUT2D eigenvalue weighted by molar-refractivity contribution is 5.27.